The van der Waals surface area contributed by atoms with Crippen LogP contribution in [0.4, 0.5) is 14.9 Å². The number of carbonyl (C=O) groups is 1. The maximum absolute atomic E-state index is 13.7. The molecule has 6 heteroatoms. The maximum atomic E-state index is 13.7. The van der Waals surface area contributed by atoms with Crippen molar-refractivity contribution in [3.63, 3.8) is 0 Å². The highest BCUT2D eigenvalue weighted by atomic mass is 35.5. The number of hydrogen-bond donors (Lipinski definition) is 1. The molecule has 3 aromatic carbocycles. The van der Waals surface area contributed by atoms with E-state index in [0.717, 1.165) is 28.1 Å². The Morgan fingerprint density at radius 1 is 1.00 bits per heavy atom. The van der Waals surface area contributed by atoms with Gasteiger partial charge in [-0.15, -0.1) is 0 Å². The zero-order chi connectivity index (χ0) is 22.2. The van der Waals surface area contributed by atoms with Gasteiger partial charge in [-0.3, -0.25) is 0 Å². The number of para-hydroxylation sites is 1. The van der Waals surface area contributed by atoms with Gasteiger partial charge in [0.15, 0.2) is 0 Å². The third kappa shape index (κ3) is 3.55. The summed E-state index contributed by atoms with van der Waals surface area (Å²) in [7, 11) is 0. The molecule has 0 spiro atoms. The van der Waals surface area contributed by atoms with Gasteiger partial charge in [0.1, 0.15) is 5.82 Å². The molecule has 1 aliphatic heterocycles. The fraction of sp³-hybridized carbons (Fsp3) is 0.115. The van der Waals surface area contributed by atoms with Gasteiger partial charge in [-0.2, -0.15) is 0 Å². The van der Waals surface area contributed by atoms with Crippen molar-refractivity contribution in [2.24, 2.45) is 0 Å². The number of carbonyl (C=O) groups excluding carboxylic acids is 1. The van der Waals surface area contributed by atoms with Crippen LogP contribution in [0.15, 0.2) is 85.1 Å². The maximum Gasteiger partial charge on any atom is 0.322 e. The summed E-state index contributed by atoms with van der Waals surface area (Å²) < 4.78 is 15.8. The van der Waals surface area contributed by atoms with Crippen molar-refractivity contribution in [2.45, 2.75) is 19.5 Å². The molecule has 32 heavy (non-hydrogen) atoms. The predicted molar refractivity (Wildman–Crippen MR) is 125 cm³/mol. The van der Waals surface area contributed by atoms with Gasteiger partial charge in [0, 0.05) is 22.6 Å². The molecule has 5 rings (SSSR count). The molecule has 1 aliphatic rings. The van der Waals surface area contributed by atoms with Gasteiger partial charge in [0.2, 0.25) is 0 Å². The summed E-state index contributed by atoms with van der Waals surface area (Å²) in [5.74, 6) is -0.313. The van der Waals surface area contributed by atoms with Crippen LogP contribution in [0.2, 0.25) is 5.02 Å². The lowest BCUT2D eigenvalue weighted by Crippen LogP contribution is -2.38. The van der Waals surface area contributed by atoms with Crippen LogP contribution in [-0.4, -0.2) is 15.5 Å². The van der Waals surface area contributed by atoms with Crippen molar-refractivity contribution in [3.8, 4) is 5.69 Å². The van der Waals surface area contributed by atoms with E-state index in [0.29, 0.717) is 17.3 Å². The zero-order valence-corrected chi connectivity index (χ0v) is 18.2. The highest BCUT2D eigenvalue weighted by Gasteiger charge is 2.33. The first-order valence-electron chi connectivity index (χ1n) is 10.4. The summed E-state index contributed by atoms with van der Waals surface area (Å²) in [6, 6.07) is 23.1. The van der Waals surface area contributed by atoms with Gasteiger partial charge >= 0.3 is 6.03 Å². The van der Waals surface area contributed by atoms with Crippen molar-refractivity contribution in [3.05, 3.63) is 118 Å². The van der Waals surface area contributed by atoms with E-state index in [4.69, 9.17) is 11.6 Å². The minimum absolute atomic E-state index is 0.255. The van der Waals surface area contributed by atoms with Gasteiger partial charge < -0.3 is 14.8 Å². The average Bonchev–Trinajstić information content (AvgIpc) is 3.22. The van der Waals surface area contributed by atoms with E-state index >= 15 is 0 Å². The Hall–Kier alpha value is -3.57. The third-order valence-electron chi connectivity index (χ3n) is 5.92. The van der Waals surface area contributed by atoms with Crippen LogP contribution < -0.4 is 5.32 Å². The van der Waals surface area contributed by atoms with Crippen LogP contribution in [0.3, 0.4) is 0 Å². The summed E-state index contributed by atoms with van der Waals surface area (Å²) in [4.78, 5) is 15.4. The van der Waals surface area contributed by atoms with Crippen LogP contribution in [0.25, 0.3) is 5.69 Å². The second-order valence-corrected chi connectivity index (χ2v) is 8.26. The lowest BCUT2D eigenvalue weighted by Gasteiger charge is -2.31. The number of halogens is 2. The number of anilines is 1. The molecule has 0 saturated heterocycles. The van der Waals surface area contributed by atoms with Gasteiger partial charge in [-0.25, -0.2) is 9.18 Å². The second-order valence-electron chi connectivity index (χ2n) is 7.86. The van der Waals surface area contributed by atoms with E-state index in [1.54, 1.807) is 23.1 Å². The predicted octanol–water partition coefficient (Wildman–Crippen LogP) is 6.72. The SMILES string of the molecule is Cc1c(Cl)cccc1NC(=O)N1Cc2ccccc2-n2cccc2[C@H]1c1ccc(F)cc1. The standard InChI is InChI=1S/C26H21ClFN3O/c1-17-21(27)7-4-8-22(17)29-26(32)31-16-19-6-2-3-9-23(19)30-15-5-10-24(30)25(31)18-11-13-20(28)14-12-18/h2-15,25H,16H2,1H3,(H,29,32)/t25-/m1/s1. The molecule has 1 atom stereocenters. The molecule has 0 radical (unpaired) electrons. The lowest BCUT2D eigenvalue weighted by atomic mass is 10.0. The van der Waals surface area contributed by atoms with Crippen LogP contribution in [0, 0.1) is 12.7 Å². The molecule has 0 unspecified atom stereocenters. The first kappa shape index (κ1) is 20.3. The Bertz CT molecular complexity index is 1300. The third-order valence-corrected chi connectivity index (χ3v) is 6.33. The Morgan fingerprint density at radius 2 is 1.78 bits per heavy atom. The van der Waals surface area contributed by atoms with Crippen molar-refractivity contribution in [1.29, 1.82) is 0 Å². The van der Waals surface area contributed by atoms with Crippen LogP contribution in [0.5, 0.6) is 0 Å². The number of aromatic nitrogens is 1. The number of rotatable bonds is 2. The minimum Gasteiger partial charge on any atom is -0.318 e. The Morgan fingerprint density at radius 3 is 2.59 bits per heavy atom. The number of urea groups is 1. The van der Waals surface area contributed by atoms with E-state index in [-0.39, 0.29) is 11.8 Å². The number of nitrogens with one attached hydrogen (secondary N) is 1. The van der Waals surface area contributed by atoms with Gasteiger partial charge in [-0.05, 0) is 66.1 Å². The molecular formula is C26H21ClFN3O. The largest absolute Gasteiger partial charge is 0.322 e. The number of fused-ring (bicyclic) bond motifs is 3. The monoisotopic (exact) mass is 445 g/mol. The normalized spacial score (nSPS) is 15.0. The smallest absolute Gasteiger partial charge is 0.318 e. The molecule has 0 aliphatic carbocycles. The topological polar surface area (TPSA) is 37.3 Å². The molecule has 2 heterocycles. The number of nitrogens with zero attached hydrogens (tertiary/aromatic N) is 2. The highest BCUT2D eigenvalue weighted by Crippen LogP contribution is 2.37. The quantitative estimate of drug-likeness (QED) is 0.365. The van der Waals surface area contributed by atoms with Crippen LogP contribution in [0.1, 0.15) is 28.4 Å². The van der Waals surface area contributed by atoms with Gasteiger partial charge in [0.05, 0.1) is 18.3 Å². The van der Waals surface area contributed by atoms with Crippen molar-refractivity contribution in [2.75, 3.05) is 5.32 Å². The Kier molecular flexibility index (Phi) is 5.19. The number of benzene rings is 3. The summed E-state index contributed by atoms with van der Waals surface area (Å²) in [5, 5.41) is 3.62. The zero-order valence-electron chi connectivity index (χ0n) is 17.4. The fourth-order valence-corrected chi connectivity index (χ4v) is 4.44. The summed E-state index contributed by atoms with van der Waals surface area (Å²) >= 11 is 6.26. The Labute approximate surface area is 190 Å². The Balaban J connectivity index is 1.64. The average molecular weight is 446 g/mol. The molecule has 0 saturated carbocycles. The minimum atomic E-state index is -0.405. The van der Waals surface area contributed by atoms with Crippen molar-refractivity contribution >= 4 is 23.3 Å². The fourth-order valence-electron chi connectivity index (χ4n) is 4.27. The molecule has 160 valence electrons. The molecule has 4 aromatic rings. The van der Waals surface area contributed by atoms with E-state index in [2.05, 4.69) is 9.88 Å². The summed E-state index contributed by atoms with van der Waals surface area (Å²) in [6.07, 6.45) is 1.99. The molecule has 0 bridgehead atoms. The van der Waals surface area contributed by atoms with Gasteiger partial charge in [-0.1, -0.05) is 48.0 Å². The van der Waals surface area contributed by atoms with E-state index in [9.17, 15) is 9.18 Å². The van der Waals surface area contributed by atoms with Crippen LogP contribution in [-0.2, 0) is 6.54 Å². The molecule has 1 N–H and O–H groups in total. The summed E-state index contributed by atoms with van der Waals surface area (Å²) in [5.41, 5.74) is 5.27. The van der Waals surface area contributed by atoms with E-state index in [1.165, 1.54) is 12.1 Å². The second kappa shape index (κ2) is 8.17. The summed E-state index contributed by atoms with van der Waals surface area (Å²) in [6.45, 7) is 2.27. The molecule has 1 aromatic heterocycles. The van der Waals surface area contributed by atoms with Gasteiger partial charge in [0.25, 0.3) is 0 Å². The number of hydrogen-bond acceptors (Lipinski definition) is 1. The molecule has 4 nitrogen and oxygen atoms in total. The number of amides is 2. The first-order valence-corrected chi connectivity index (χ1v) is 10.7. The molecule has 2 amide bonds. The van der Waals surface area contributed by atoms with E-state index < -0.39 is 6.04 Å². The lowest BCUT2D eigenvalue weighted by molar-refractivity contribution is 0.194. The first-order chi connectivity index (χ1) is 15.5. The molecule has 0 fully saturated rings. The van der Waals surface area contributed by atoms with Crippen molar-refractivity contribution < 1.29 is 9.18 Å². The van der Waals surface area contributed by atoms with Crippen LogP contribution >= 0.6 is 11.6 Å². The van der Waals surface area contributed by atoms with E-state index in [1.807, 2.05) is 61.7 Å². The molecular weight excluding hydrogens is 425 g/mol. The van der Waals surface area contributed by atoms with Crippen molar-refractivity contribution in [1.82, 2.24) is 9.47 Å². The highest BCUT2D eigenvalue weighted by molar-refractivity contribution is 6.31.